The van der Waals surface area contributed by atoms with Crippen LogP contribution in [-0.2, 0) is 14.3 Å². The van der Waals surface area contributed by atoms with Crippen molar-refractivity contribution in [2.45, 2.75) is 30.5 Å². The van der Waals surface area contributed by atoms with Crippen molar-refractivity contribution in [2.75, 3.05) is 13.7 Å². The van der Waals surface area contributed by atoms with Crippen LogP contribution in [0.3, 0.4) is 0 Å². The molecule has 5 atom stereocenters. The minimum Gasteiger partial charge on any atom is -0.467 e. The normalized spacial score (nSPS) is 41.3. The zero-order chi connectivity index (χ0) is 11.6. The molecule has 1 saturated heterocycles. The molecule has 4 N–H and O–H groups in total. The van der Waals surface area contributed by atoms with E-state index in [2.05, 4.69) is 4.74 Å². The van der Waals surface area contributed by atoms with Crippen molar-refractivity contribution >= 4 is 5.97 Å². The molecule has 0 aromatic rings. The lowest BCUT2D eigenvalue weighted by atomic mass is 9.95. The van der Waals surface area contributed by atoms with Gasteiger partial charge in [0.15, 0.2) is 6.10 Å². The summed E-state index contributed by atoms with van der Waals surface area (Å²) in [6, 6.07) is 0. The first-order valence-corrected chi connectivity index (χ1v) is 4.41. The molecule has 1 aliphatic heterocycles. The summed E-state index contributed by atoms with van der Waals surface area (Å²) in [5.74, 6) is -0.869. The molecule has 0 aliphatic carbocycles. The molecule has 0 saturated carbocycles. The van der Waals surface area contributed by atoms with Crippen LogP contribution in [0.4, 0.5) is 0 Å². The first-order chi connectivity index (χ1) is 7.02. The highest BCUT2D eigenvalue weighted by Gasteiger charge is 2.46. The molecule has 0 bridgehead atoms. The number of methoxy groups -OCH3 is 1. The maximum Gasteiger partial charge on any atom is 0.337 e. The van der Waals surface area contributed by atoms with E-state index in [4.69, 9.17) is 9.84 Å². The second-order valence-corrected chi connectivity index (χ2v) is 3.27. The van der Waals surface area contributed by atoms with Crippen molar-refractivity contribution < 1.29 is 34.7 Å². The Hall–Kier alpha value is -0.730. The zero-order valence-electron chi connectivity index (χ0n) is 8.11. The lowest BCUT2D eigenvalue weighted by Crippen LogP contribution is -2.60. The van der Waals surface area contributed by atoms with Gasteiger partial charge in [0.2, 0.25) is 0 Å². The quantitative estimate of drug-likeness (QED) is 0.368. The largest absolute Gasteiger partial charge is 0.467 e. The molecule has 0 aromatic carbocycles. The van der Waals surface area contributed by atoms with Gasteiger partial charge in [-0.1, -0.05) is 0 Å². The van der Waals surface area contributed by atoms with Crippen LogP contribution < -0.4 is 0 Å². The van der Waals surface area contributed by atoms with Crippen molar-refractivity contribution in [3.63, 3.8) is 0 Å². The molecule has 0 spiro atoms. The molecule has 1 aliphatic rings. The van der Waals surface area contributed by atoms with Gasteiger partial charge in [-0.15, -0.1) is 0 Å². The highest BCUT2D eigenvalue weighted by molar-refractivity contribution is 5.75. The molecule has 0 amide bonds. The fourth-order valence-electron chi connectivity index (χ4n) is 1.41. The van der Waals surface area contributed by atoms with Crippen molar-refractivity contribution in [1.29, 1.82) is 0 Å². The first-order valence-electron chi connectivity index (χ1n) is 4.41. The van der Waals surface area contributed by atoms with Crippen LogP contribution in [0.25, 0.3) is 0 Å². The van der Waals surface area contributed by atoms with E-state index in [1.807, 2.05) is 0 Å². The molecule has 1 heterocycles. The highest BCUT2D eigenvalue weighted by Crippen LogP contribution is 2.21. The Morgan fingerprint density at radius 1 is 1.27 bits per heavy atom. The van der Waals surface area contributed by atoms with E-state index in [0.29, 0.717) is 0 Å². The first kappa shape index (κ1) is 12.3. The highest BCUT2D eigenvalue weighted by atomic mass is 16.6. The Morgan fingerprint density at radius 2 is 1.87 bits per heavy atom. The van der Waals surface area contributed by atoms with Crippen LogP contribution in [0.1, 0.15) is 0 Å². The van der Waals surface area contributed by atoms with Gasteiger partial charge in [-0.3, -0.25) is 0 Å². The van der Waals surface area contributed by atoms with Crippen molar-refractivity contribution in [3.05, 3.63) is 0 Å². The fourth-order valence-corrected chi connectivity index (χ4v) is 1.41. The van der Waals surface area contributed by atoms with E-state index in [1.54, 1.807) is 0 Å². The number of ether oxygens (including phenoxy) is 2. The molecule has 0 aromatic heterocycles. The van der Waals surface area contributed by atoms with Crippen LogP contribution in [0, 0.1) is 0 Å². The van der Waals surface area contributed by atoms with Crippen molar-refractivity contribution in [1.82, 2.24) is 0 Å². The van der Waals surface area contributed by atoms with Gasteiger partial charge in [-0.2, -0.15) is 0 Å². The van der Waals surface area contributed by atoms with Crippen LogP contribution in [0.15, 0.2) is 0 Å². The smallest absolute Gasteiger partial charge is 0.337 e. The van der Waals surface area contributed by atoms with E-state index in [1.165, 1.54) is 0 Å². The lowest BCUT2D eigenvalue weighted by molar-refractivity contribution is -0.234. The van der Waals surface area contributed by atoms with Crippen LogP contribution in [0.2, 0.25) is 0 Å². The molecular formula is C8H14O7. The number of carbonyl (C=O) groups is 1. The van der Waals surface area contributed by atoms with Gasteiger partial charge in [0, 0.05) is 0 Å². The summed E-state index contributed by atoms with van der Waals surface area (Å²) in [6.45, 7) is -0.571. The van der Waals surface area contributed by atoms with Gasteiger partial charge < -0.3 is 29.9 Å². The predicted molar refractivity (Wildman–Crippen MR) is 45.8 cm³/mol. The molecule has 15 heavy (non-hydrogen) atoms. The molecule has 1 fully saturated rings. The van der Waals surface area contributed by atoms with Gasteiger partial charge in [-0.25, -0.2) is 4.79 Å². The second kappa shape index (κ2) is 4.86. The number of carbonyl (C=O) groups excluding carboxylic acids is 1. The second-order valence-electron chi connectivity index (χ2n) is 3.27. The predicted octanol–water partition coefficient (Wildman–Crippen LogP) is -3.00. The van der Waals surface area contributed by atoms with Gasteiger partial charge in [-0.05, 0) is 0 Å². The van der Waals surface area contributed by atoms with Gasteiger partial charge in [0.1, 0.15) is 24.4 Å². The van der Waals surface area contributed by atoms with E-state index in [9.17, 15) is 20.1 Å². The van der Waals surface area contributed by atoms with E-state index < -0.39 is 43.1 Å². The third kappa shape index (κ3) is 2.27. The van der Waals surface area contributed by atoms with Crippen LogP contribution >= 0.6 is 0 Å². The Balaban J connectivity index is 2.78. The summed E-state index contributed by atoms with van der Waals surface area (Å²) in [4.78, 5) is 11.1. The number of hydrogen-bond acceptors (Lipinski definition) is 7. The minimum absolute atomic E-state index is 0.571. The van der Waals surface area contributed by atoms with Gasteiger partial charge in [0.05, 0.1) is 13.7 Å². The molecule has 0 unspecified atom stereocenters. The summed E-state index contributed by atoms with van der Waals surface area (Å²) in [7, 11) is 1.10. The molecule has 0 radical (unpaired) electrons. The zero-order valence-corrected chi connectivity index (χ0v) is 8.11. The monoisotopic (exact) mass is 222 g/mol. The molecule has 7 heteroatoms. The van der Waals surface area contributed by atoms with Crippen molar-refractivity contribution in [3.8, 4) is 0 Å². The summed E-state index contributed by atoms with van der Waals surface area (Å²) in [5.41, 5.74) is 0. The molecular weight excluding hydrogens is 208 g/mol. The maximum atomic E-state index is 11.1. The Kier molecular flexibility index (Phi) is 4.00. The van der Waals surface area contributed by atoms with Crippen LogP contribution in [0.5, 0.6) is 0 Å². The summed E-state index contributed by atoms with van der Waals surface area (Å²) in [6.07, 6.45) is -7.08. The van der Waals surface area contributed by atoms with Crippen molar-refractivity contribution in [2.24, 2.45) is 0 Å². The summed E-state index contributed by atoms with van der Waals surface area (Å²) >= 11 is 0. The maximum absolute atomic E-state index is 11.1. The molecule has 1 rings (SSSR count). The standard InChI is InChI=1S/C8H14O7/c1-14-8(13)7-6(12)5(11)4(10)3(2-9)15-7/h3-7,9-12H,2H2,1H3/t3-,4+,5+,6+,7-/m1/s1. The minimum atomic E-state index is -1.57. The lowest BCUT2D eigenvalue weighted by Gasteiger charge is -2.38. The SMILES string of the molecule is COC(=O)[C@@H]1O[C@H](CO)[C@H](O)[C@H](O)[C@@H]1O. The molecule has 88 valence electrons. The average Bonchev–Trinajstić information content (AvgIpc) is 2.25. The summed E-state index contributed by atoms with van der Waals surface area (Å²) < 4.78 is 9.24. The van der Waals surface area contributed by atoms with Crippen LogP contribution in [-0.4, -0.2) is 70.6 Å². The number of aliphatic hydroxyl groups excluding tert-OH is 4. The average molecular weight is 222 g/mol. The van der Waals surface area contributed by atoms with E-state index >= 15 is 0 Å². The van der Waals surface area contributed by atoms with E-state index in [0.717, 1.165) is 7.11 Å². The summed E-state index contributed by atoms with van der Waals surface area (Å²) in [5, 5.41) is 36.9. The molecule has 7 nitrogen and oxygen atoms in total. The topological polar surface area (TPSA) is 116 Å². The number of aliphatic hydroxyl groups is 4. The number of rotatable bonds is 2. The Morgan fingerprint density at radius 3 is 2.33 bits per heavy atom. The van der Waals surface area contributed by atoms with Gasteiger partial charge >= 0.3 is 5.97 Å². The Bertz CT molecular complexity index is 229. The third-order valence-corrected chi connectivity index (χ3v) is 2.33. The fraction of sp³-hybridized carbons (Fsp3) is 0.875. The van der Waals surface area contributed by atoms with E-state index in [-0.39, 0.29) is 0 Å². The third-order valence-electron chi connectivity index (χ3n) is 2.33. The Labute approximate surface area is 85.9 Å². The number of hydrogen-bond donors (Lipinski definition) is 4. The van der Waals surface area contributed by atoms with Gasteiger partial charge in [0.25, 0.3) is 0 Å². The number of esters is 1.